The number of hydrogen-bond acceptors (Lipinski definition) is 5. The molecular weight excluding hydrogens is 292 g/mol. The van der Waals surface area contributed by atoms with Crippen molar-refractivity contribution in [2.24, 2.45) is 0 Å². The van der Waals surface area contributed by atoms with E-state index >= 15 is 0 Å². The van der Waals surface area contributed by atoms with Crippen LogP contribution >= 0.6 is 0 Å². The van der Waals surface area contributed by atoms with Crippen LogP contribution in [-0.2, 0) is 0 Å². The van der Waals surface area contributed by atoms with Crippen molar-refractivity contribution >= 4 is 17.5 Å². The maximum absolute atomic E-state index is 10.9. The summed E-state index contributed by atoms with van der Waals surface area (Å²) in [6.07, 6.45) is 3.45. The van der Waals surface area contributed by atoms with Gasteiger partial charge in [0, 0.05) is 29.7 Å². The normalized spacial score (nSPS) is 10.3. The predicted molar refractivity (Wildman–Crippen MR) is 86.7 cm³/mol. The number of nitrogens with zero attached hydrogens (tertiary/aromatic N) is 3. The highest BCUT2D eigenvalue weighted by Crippen LogP contribution is 2.21. The molecule has 23 heavy (non-hydrogen) atoms. The second kappa shape index (κ2) is 6.23. The molecule has 114 valence electrons. The molecule has 0 spiro atoms. The van der Waals surface area contributed by atoms with Crippen molar-refractivity contribution in [3.8, 4) is 11.3 Å². The topological polar surface area (TPSA) is 88.0 Å². The Hall–Kier alpha value is -3.28. The molecule has 0 aliphatic rings. The third-order valence-electron chi connectivity index (χ3n) is 3.20. The van der Waals surface area contributed by atoms with Crippen molar-refractivity contribution in [2.45, 2.75) is 6.92 Å². The lowest BCUT2D eigenvalue weighted by atomic mass is 10.2. The van der Waals surface area contributed by atoms with Gasteiger partial charge in [-0.3, -0.25) is 4.98 Å². The van der Waals surface area contributed by atoms with E-state index in [0.29, 0.717) is 11.6 Å². The monoisotopic (exact) mass is 306 g/mol. The number of hydrogen-bond donors (Lipinski definition) is 2. The molecule has 6 nitrogen and oxygen atoms in total. The lowest BCUT2D eigenvalue weighted by Crippen LogP contribution is -2.00. The Kier molecular flexibility index (Phi) is 3.97. The van der Waals surface area contributed by atoms with Crippen LogP contribution < -0.4 is 5.32 Å². The van der Waals surface area contributed by atoms with Crippen LogP contribution in [0.1, 0.15) is 16.2 Å². The van der Waals surface area contributed by atoms with E-state index in [-0.39, 0.29) is 5.56 Å². The molecule has 1 aromatic carbocycles. The molecule has 0 amide bonds. The Morgan fingerprint density at radius 2 is 1.91 bits per heavy atom. The predicted octanol–water partition coefficient (Wildman–Crippen LogP) is 3.29. The van der Waals surface area contributed by atoms with Gasteiger partial charge in [0.05, 0.1) is 11.3 Å². The maximum atomic E-state index is 10.9. The van der Waals surface area contributed by atoms with Crippen LogP contribution in [0.2, 0.25) is 0 Å². The van der Waals surface area contributed by atoms with Gasteiger partial charge in [0.25, 0.3) is 0 Å². The minimum Gasteiger partial charge on any atom is -0.478 e. The number of carboxylic acids is 1. The third-order valence-corrected chi connectivity index (χ3v) is 3.20. The standard InChI is InChI=1S/C17H14N4O2/c1-11-19-15(13-3-2-8-18-10-13)9-16(20-11)21-14-6-4-12(5-7-14)17(22)23/h2-10H,1H3,(H,22,23)(H,19,20,21). The summed E-state index contributed by atoms with van der Waals surface area (Å²) in [5.41, 5.74) is 2.67. The second-order valence-electron chi connectivity index (χ2n) is 4.93. The second-order valence-corrected chi connectivity index (χ2v) is 4.93. The number of aromatic nitrogens is 3. The van der Waals surface area contributed by atoms with E-state index in [9.17, 15) is 4.79 Å². The van der Waals surface area contributed by atoms with Crippen molar-refractivity contribution in [1.29, 1.82) is 0 Å². The largest absolute Gasteiger partial charge is 0.478 e. The summed E-state index contributed by atoms with van der Waals surface area (Å²) in [5, 5.41) is 12.1. The average molecular weight is 306 g/mol. The first-order chi connectivity index (χ1) is 11.1. The van der Waals surface area contributed by atoms with Crippen LogP contribution in [0.25, 0.3) is 11.3 Å². The third kappa shape index (κ3) is 3.49. The van der Waals surface area contributed by atoms with Gasteiger partial charge >= 0.3 is 5.97 Å². The molecule has 3 rings (SSSR count). The van der Waals surface area contributed by atoms with Gasteiger partial charge in [0.2, 0.25) is 0 Å². The highest BCUT2D eigenvalue weighted by atomic mass is 16.4. The molecule has 2 heterocycles. The summed E-state index contributed by atoms with van der Waals surface area (Å²) >= 11 is 0. The van der Waals surface area contributed by atoms with Gasteiger partial charge in [0.1, 0.15) is 11.6 Å². The highest BCUT2D eigenvalue weighted by molar-refractivity contribution is 5.88. The molecule has 0 atom stereocenters. The number of benzene rings is 1. The summed E-state index contributed by atoms with van der Waals surface area (Å²) in [6, 6.07) is 12.1. The van der Waals surface area contributed by atoms with Crippen molar-refractivity contribution in [3.63, 3.8) is 0 Å². The zero-order chi connectivity index (χ0) is 16.2. The average Bonchev–Trinajstić information content (AvgIpc) is 2.55. The van der Waals surface area contributed by atoms with Crippen molar-refractivity contribution in [1.82, 2.24) is 15.0 Å². The molecule has 0 saturated heterocycles. The summed E-state index contributed by atoms with van der Waals surface area (Å²) < 4.78 is 0. The molecule has 0 bridgehead atoms. The number of aromatic carboxylic acids is 1. The fraction of sp³-hybridized carbons (Fsp3) is 0.0588. The van der Waals surface area contributed by atoms with E-state index in [0.717, 1.165) is 16.9 Å². The molecule has 0 radical (unpaired) electrons. The van der Waals surface area contributed by atoms with E-state index in [1.165, 1.54) is 0 Å². The Balaban J connectivity index is 1.88. The van der Waals surface area contributed by atoms with Crippen LogP contribution in [0.3, 0.4) is 0 Å². The Morgan fingerprint density at radius 1 is 1.13 bits per heavy atom. The minimum absolute atomic E-state index is 0.241. The van der Waals surface area contributed by atoms with Crippen molar-refractivity contribution < 1.29 is 9.90 Å². The van der Waals surface area contributed by atoms with Gasteiger partial charge < -0.3 is 10.4 Å². The molecule has 6 heteroatoms. The van der Waals surface area contributed by atoms with Crippen LogP contribution in [-0.4, -0.2) is 26.0 Å². The highest BCUT2D eigenvalue weighted by Gasteiger charge is 2.06. The number of carboxylic acid groups (broad SMARTS) is 1. The van der Waals surface area contributed by atoms with Crippen LogP contribution in [0.15, 0.2) is 54.9 Å². The fourth-order valence-electron chi connectivity index (χ4n) is 2.14. The van der Waals surface area contributed by atoms with E-state index < -0.39 is 5.97 Å². The number of carbonyl (C=O) groups is 1. The zero-order valence-corrected chi connectivity index (χ0v) is 12.4. The van der Waals surface area contributed by atoms with Crippen LogP contribution in [0.5, 0.6) is 0 Å². The Labute approximate surface area is 132 Å². The van der Waals surface area contributed by atoms with Crippen LogP contribution in [0.4, 0.5) is 11.5 Å². The summed E-state index contributed by atoms with van der Waals surface area (Å²) in [4.78, 5) is 23.7. The van der Waals surface area contributed by atoms with E-state index in [2.05, 4.69) is 20.3 Å². The molecule has 0 aliphatic carbocycles. The van der Waals surface area contributed by atoms with Crippen LogP contribution in [0, 0.1) is 6.92 Å². The number of anilines is 2. The number of pyridine rings is 1. The minimum atomic E-state index is -0.951. The molecule has 2 N–H and O–H groups in total. The summed E-state index contributed by atoms with van der Waals surface area (Å²) in [7, 11) is 0. The molecule has 2 aromatic heterocycles. The summed E-state index contributed by atoms with van der Waals surface area (Å²) in [5.74, 6) is 0.323. The quantitative estimate of drug-likeness (QED) is 0.769. The van der Waals surface area contributed by atoms with Crippen molar-refractivity contribution in [3.05, 3.63) is 66.2 Å². The number of nitrogens with one attached hydrogen (secondary N) is 1. The van der Waals surface area contributed by atoms with Gasteiger partial charge in [-0.2, -0.15) is 0 Å². The fourth-order valence-corrected chi connectivity index (χ4v) is 2.14. The first-order valence-corrected chi connectivity index (χ1v) is 6.98. The first-order valence-electron chi connectivity index (χ1n) is 6.98. The zero-order valence-electron chi connectivity index (χ0n) is 12.4. The van der Waals surface area contributed by atoms with Gasteiger partial charge in [-0.25, -0.2) is 14.8 Å². The molecule has 0 unspecified atom stereocenters. The smallest absolute Gasteiger partial charge is 0.335 e. The maximum Gasteiger partial charge on any atom is 0.335 e. The molecule has 0 fully saturated rings. The van der Waals surface area contributed by atoms with E-state index in [1.54, 1.807) is 36.7 Å². The molecule has 0 saturated carbocycles. The van der Waals surface area contributed by atoms with E-state index in [1.807, 2.05) is 25.1 Å². The Bertz CT molecular complexity index is 833. The van der Waals surface area contributed by atoms with Crippen molar-refractivity contribution in [2.75, 3.05) is 5.32 Å². The van der Waals surface area contributed by atoms with Gasteiger partial charge in [0.15, 0.2) is 0 Å². The molecular formula is C17H14N4O2. The first kappa shape index (κ1) is 14.6. The SMILES string of the molecule is Cc1nc(Nc2ccc(C(=O)O)cc2)cc(-c2cccnc2)n1. The van der Waals surface area contributed by atoms with Gasteiger partial charge in [-0.1, -0.05) is 0 Å². The Morgan fingerprint density at radius 3 is 2.57 bits per heavy atom. The lowest BCUT2D eigenvalue weighted by Gasteiger charge is -2.09. The molecule has 3 aromatic rings. The molecule has 0 aliphatic heterocycles. The summed E-state index contributed by atoms with van der Waals surface area (Å²) in [6.45, 7) is 1.82. The lowest BCUT2D eigenvalue weighted by molar-refractivity contribution is 0.0697. The number of aryl methyl sites for hydroxylation is 1. The van der Waals surface area contributed by atoms with Gasteiger partial charge in [-0.05, 0) is 43.3 Å². The van der Waals surface area contributed by atoms with E-state index in [4.69, 9.17) is 5.11 Å². The van der Waals surface area contributed by atoms with Gasteiger partial charge in [-0.15, -0.1) is 0 Å². The number of rotatable bonds is 4.